The molecular formula is C13H20ClN5O3. The van der Waals surface area contributed by atoms with Gasteiger partial charge < -0.3 is 24.4 Å². The highest BCUT2D eigenvalue weighted by Gasteiger charge is 2.28. The molecule has 22 heavy (non-hydrogen) atoms. The van der Waals surface area contributed by atoms with E-state index in [4.69, 9.17) is 21.1 Å². The molecule has 2 aliphatic rings. The summed E-state index contributed by atoms with van der Waals surface area (Å²) in [5, 5.41) is 9.65. The van der Waals surface area contributed by atoms with Crippen molar-refractivity contribution in [1.29, 1.82) is 0 Å². The van der Waals surface area contributed by atoms with E-state index < -0.39 is 0 Å². The van der Waals surface area contributed by atoms with Gasteiger partial charge >= 0.3 is 0 Å². The predicted molar refractivity (Wildman–Crippen MR) is 81.5 cm³/mol. The van der Waals surface area contributed by atoms with Crippen LogP contribution in [0.5, 0.6) is 0 Å². The van der Waals surface area contributed by atoms with Crippen LogP contribution in [0.15, 0.2) is 0 Å². The van der Waals surface area contributed by atoms with Crippen molar-refractivity contribution in [3.63, 3.8) is 0 Å². The largest absolute Gasteiger partial charge is 0.394 e. The number of anilines is 2. The number of morpholine rings is 2. The molecule has 1 aromatic heterocycles. The first-order valence-electron chi connectivity index (χ1n) is 7.40. The van der Waals surface area contributed by atoms with Crippen LogP contribution in [0.4, 0.5) is 11.9 Å². The van der Waals surface area contributed by atoms with E-state index in [1.165, 1.54) is 0 Å². The van der Waals surface area contributed by atoms with Crippen molar-refractivity contribution >= 4 is 23.5 Å². The molecule has 1 aromatic rings. The van der Waals surface area contributed by atoms with E-state index in [0.717, 1.165) is 0 Å². The Balaban J connectivity index is 1.88. The van der Waals surface area contributed by atoms with Crippen LogP contribution in [0.25, 0.3) is 0 Å². The van der Waals surface area contributed by atoms with Crippen LogP contribution in [0, 0.1) is 0 Å². The Hall–Kier alpha value is -1.22. The van der Waals surface area contributed by atoms with Crippen molar-refractivity contribution in [2.45, 2.75) is 19.0 Å². The molecule has 2 atom stereocenters. The zero-order valence-corrected chi connectivity index (χ0v) is 13.2. The fourth-order valence-corrected chi connectivity index (χ4v) is 2.83. The SMILES string of the molecule is C[C@@H]1COCCN1c1nc(Cl)nc(N2CCOC[C@H]2CO)n1. The number of aliphatic hydroxyl groups is 1. The Bertz CT molecular complexity index is 520. The summed E-state index contributed by atoms with van der Waals surface area (Å²) in [6, 6.07) is 0.0144. The third-order valence-electron chi connectivity index (χ3n) is 3.90. The Morgan fingerprint density at radius 2 is 1.73 bits per heavy atom. The van der Waals surface area contributed by atoms with Crippen LogP contribution in [0.2, 0.25) is 5.28 Å². The maximum atomic E-state index is 9.50. The number of nitrogens with zero attached hydrogens (tertiary/aromatic N) is 5. The third kappa shape index (κ3) is 3.24. The van der Waals surface area contributed by atoms with E-state index in [1.807, 2.05) is 4.90 Å². The molecule has 1 N–H and O–H groups in total. The molecule has 9 heteroatoms. The van der Waals surface area contributed by atoms with E-state index in [9.17, 15) is 5.11 Å². The molecule has 2 fully saturated rings. The van der Waals surface area contributed by atoms with Crippen molar-refractivity contribution in [1.82, 2.24) is 15.0 Å². The Morgan fingerprint density at radius 3 is 2.41 bits per heavy atom. The van der Waals surface area contributed by atoms with Crippen LogP contribution in [0.3, 0.4) is 0 Å². The lowest BCUT2D eigenvalue weighted by molar-refractivity contribution is 0.0717. The van der Waals surface area contributed by atoms with Gasteiger partial charge in [0.25, 0.3) is 0 Å². The quantitative estimate of drug-likeness (QED) is 0.826. The predicted octanol–water partition coefficient (Wildman–Crippen LogP) is -0.0524. The number of halogens is 1. The summed E-state index contributed by atoms with van der Waals surface area (Å²) in [4.78, 5) is 17.0. The molecule has 8 nitrogen and oxygen atoms in total. The highest BCUT2D eigenvalue weighted by Crippen LogP contribution is 2.22. The highest BCUT2D eigenvalue weighted by atomic mass is 35.5. The van der Waals surface area contributed by atoms with Gasteiger partial charge in [-0.25, -0.2) is 0 Å². The van der Waals surface area contributed by atoms with Gasteiger partial charge in [0.2, 0.25) is 17.2 Å². The van der Waals surface area contributed by atoms with E-state index in [0.29, 0.717) is 51.4 Å². The minimum Gasteiger partial charge on any atom is -0.394 e. The van der Waals surface area contributed by atoms with Crippen LogP contribution in [0.1, 0.15) is 6.92 Å². The van der Waals surface area contributed by atoms with Crippen molar-refractivity contribution in [2.75, 3.05) is 55.9 Å². The number of hydrogen-bond acceptors (Lipinski definition) is 8. The lowest BCUT2D eigenvalue weighted by atomic mass is 10.2. The summed E-state index contributed by atoms with van der Waals surface area (Å²) in [5.41, 5.74) is 0. The first kappa shape index (κ1) is 15.7. The molecule has 2 saturated heterocycles. The van der Waals surface area contributed by atoms with Gasteiger partial charge in [-0.05, 0) is 18.5 Å². The second-order valence-corrected chi connectivity index (χ2v) is 5.76. The minimum atomic E-state index is -0.165. The topological polar surface area (TPSA) is 83.8 Å². The second-order valence-electron chi connectivity index (χ2n) is 5.43. The first-order valence-corrected chi connectivity index (χ1v) is 7.78. The van der Waals surface area contributed by atoms with Gasteiger partial charge in [0.1, 0.15) is 0 Å². The molecular weight excluding hydrogens is 310 g/mol. The lowest BCUT2D eigenvalue weighted by Gasteiger charge is -2.36. The molecule has 0 spiro atoms. The van der Waals surface area contributed by atoms with Gasteiger partial charge in [0.05, 0.1) is 45.1 Å². The zero-order valence-electron chi connectivity index (χ0n) is 12.5. The number of hydrogen-bond donors (Lipinski definition) is 1. The van der Waals surface area contributed by atoms with E-state index in [2.05, 4.69) is 26.8 Å². The maximum absolute atomic E-state index is 9.50. The Labute approximate surface area is 134 Å². The smallest absolute Gasteiger partial charge is 0.231 e. The van der Waals surface area contributed by atoms with E-state index in [-0.39, 0.29) is 24.0 Å². The van der Waals surface area contributed by atoms with E-state index in [1.54, 1.807) is 0 Å². The van der Waals surface area contributed by atoms with Gasteiger partial charge in [-0.15, -0.1) is 0 Å². The number of rotatable bonds is 3. The van der Waals surface area contributed by atoms with Gasteiger partial charge in [0, 0.05) is 13.1 Å². The lowest BCUT2D eigenvalue weighted by Crippen LogP contribution is -2.49. The van der Waals surface area contributed by atoms with Crippen LogP contribution in [-0.2, 0) is 9.47 Å². The summed E-state index contributed by atoms with van der Waals surface area (Å²) in [5.74, 6) is 1.03. The van der Waals surface area contributed by atoms with Gasteiger partial charge in [-0.3, -0.25) is 0 Å². The highest BCUT2D eigenvalue weighted by molar-refractivity contribution is 6.28. The second kappa shape index (κ2) is 6.91. The standard InChI is InChI=1S/C13H20ClN5O3/c1-9-7-21-4-2-18(9)12-15-11(14)16-13(17-12)19-3-5-22-8-10(19)6-20/h9-10,20H,2-8H2,1H3/t9-,10-/m1/s1. The van der Waals surface area contributed by atoms with Crippen molar-refractivity contribution in [3.05, 3.63) is 5.28 Å². The van der Waals surface area contributed by atoms with Crippen LogP contribution < -0.4 is 9.80 Å². The summed E-state index contributed by atoms with van der Waals surface area (Å²) in [6.45, 7) is 5.66. The minimum absolute atomic E-state index is 0.0212. The number of aliphatic hydroxyl groups excluding tert-OH is 1. The van der Waals surface area contributed by atoms with Gasteiger partial charge in [-0.1, -0.05) is 0 Å². The van der Waals surface area contributed by atoms with Crippen molar-refractivity contribution in [3.8, 4) is 0 Å². The Morgan fingerprint density at radius 1 is 1.09 bits per heavy atom. The molecule has 0 saturated carbocycles. The molecule has 0 radical (unpaired) electrons. The molecule has 0 aliphatic carbocycles. The summed E-state index contributed by atoms with van der Waals surface area (Å²) in [6.07, 6.45) is 0. The summed E-state index contributed by atoms with van der Waals surface area (Å²) in [7, 11) is 0. The summed E-state index contributed by atoms with van der Waals surface area (Å²) < 4.78 is 10.8. The first-order chi connectivity index (χ1) is 10.7. The molecule has 2 aliphatic heterocycles. The summed E-state index contributed by atoms with van der Waals surface area (Å²) >= 11 is 6.09. The molecule has 0 aromatic carbocycles. The van der Waals surface area contributed by atoms with Gasteiger partial charge in [-0.2, -0.15) is 15.0 Å². The molecule has 3 rings (SSSR count). The number of aromatic nitrogens is 3. The molecule has 122 valence electrons. The van der Waals surface area contributed by atoms with Gasteiger partial charge in [0.15, 0.2) is 0 Å². The molecule has 0 bridgehead atoms. The van der Waals surface area contributed by atoms with E-state index >= 15 is 0 Å². The normalized spacial score (nSPS) is 26.3. The monoisotopic (exact) mass is 329 g/mol. The van der Waals surface area contributed by atoms with Crippen molar-refractivity contribution < 1.29 is 14.6 Å². The van der Waals surface area contributed by atoms with Crippen LogP contribution in [-0.4, -0.2) is 78.3 Å². The van der Waals surface area contributed by atoms with Crippen LogP contribution >= 0.6 is 11.6 Å². The maximum Gasteiger partial charge on any atom is 0.231 e. The van der Waals surface area contributed by atoms with Crippen molar-refractivity contribution in [2.24, 2.45) is 0 Å². The zero-order chi connectivity index (χ0) is 15.5. The third-order valence-corrected chi connectivity index (χ3v) is 4.07. The number of ether oxygens (including phenoxy) is 2. The Kier molecular flexibility index (Phi) is 4.92. The average Bonchev–Trinajstić information content (AvgIpc) is 2.54. The molecule has 3 heterocycles. The fourth-order valence-electron chi connectivity index (χ4n) is 2.68. The molecule has 0 amide bonds. The fraction of sp³-hybridized carbons (Fsp3) is 0.769. The average molecular weight is 330 g/mol. The molecule has 0 unspecified atom stereocenters.